The minimum absolute atomic E-state index is 0.467. The van der Waals surface area contributed by atoms with Gasteiger partial charge in [-0.15, -0.1) is 11.3 Å². The summed E-state index contributed by atoms with van der Waals surface area (Å²) in [5.74, 6) is 0.637. The molecule has 0 radical (unpaired) electrons. The Hall–Kier alpha value is -1.44. The molecule has 2 rings (SSSR count). The zero-order valence-corrected chi connectivity index (χ0v) is 10.4. The standard InChI is InChI=1S/C11H8ClN3S/c1-6-10(14-7(2)15-11(6)12)9-4-3-8(5-13)16-9/h3-4H,1-2H3. The summed E-state index contributed by atoms with van der Waals surface area (Å²) in [4.78, 5) is 10.1. The molecule has 0 spiro atoms. The summed E-state index contributed by atoms with van der Waals surface area (Å²) < 4.78 is 0. The van der Waals surface area contributed by atoms with E-state index in [0.717, 1.165) is 16.1 Å². The average molecular weight is 250 g/mol. The lowest BCUT2D eigenvalue weighted by Crippen LogP contribution is -1.95. The van der Waals surface area contributed by atoms with Crippen LogP contribution in [0.4, 0.5) is 0 Å². The highest BCUT2D eigenvalue weighted by Gasteiger charge is 2.11. The predicted molar refractivity (Wildman–Crippen MR) is 64.5 cm³/mol. The van der Waals surface area contributed by atoms with E-state index in [1.54, 1.807) is 13.0 Å². The van der Waals surface area contributed by atoms with Crippen LogP contribution in [0, 0.1) is 25.2 Å². The highest BCUT2D eigenvalue weighted by molar-refractivity contribution is 7.16. The molecule has 0 fully saturated rings. The van der Waals surface area contributed by atoms with Gasteiger partial charge in [0.15, 0.2) is 0 Å². The second-order valence-corrected chi connectivity index (χ2v) is 4.75. The van der Waals surface area contributed by atoms with Gasteiger partial charge in [-0.25, -0.2) is 9.97 Å². The number of rotatable bonds is 1. The maximum atomic E-state index is 8.78. The molecule has 5 heteroatoms. The minimum Gasteiger partial charge on any atom is -0.232 e. The van der Waals surface area contributed by atoms with E-state index < -0.39 is 0 Å². The monoisotopic (exact) mass is 249 g/mol. The van der Waals surface area contributed by atoms with Crippen LogP contribution in [0.15, 0.2) is 12.1 Å². The van der Waals surface area contributed by atoms with Gasteiger partial charge in [0.2, 0.25) is 0 Å². The summed E-state index contributed by atoms with van der Waals surface area (Å²) in [6.07, 6.45) is 0. The summed E-state index contributed by atoms with van der Waals surface area (Å²) in [5.41, 5.74) is 1.66. The zero-order valence-electron chi connectivity index (χ0n) is 8.78. The molecule has 3 nitrogen and oxygen atoms in total. The van der Waals surface area contributed by atoms with Crippen LogP contribution in [-0.2, 0) is 0 Å². The Balaban J connectivity index is 2.60. The highest BCUT2D eigenvalue weighted by atomic mass is 35.5. The van der Waals surface area contributed by atoms with E-state index >= 15 is 0 Å². The molecule has 0 saturated carbocycles. The van der Waals surface area contributed by atoms with Gasteiger partial charge in [0.1, 0.15) is 21.9 Å². The maximum Gasteiger partial charge on any atom is 0.136 e. The molecule has 0 bridgehead atoms. The van der Waals surface area contributed by atoms with Gasteiger partial charge in [-0.2, -0.15) is 5.26 Å². The van der Waals surface area contributed by atoms with Crippen LogP contribution in [0.3, 0.4) is 0 Å². The van der Waals surface area contributed by atoms with Gasteiger partial charge < -0.3 is 0 Å². The molecule has 16 heavy (non-hydrogen) atoms. The van der Waals surface area contributed by atoms with Gasteiger partial charge in [-0.05, 0) is 26.0 Å². The first-order valence-corrected chi connectivity index (χ1v) is 5.82. The zero-order chi connectivity index (χ0) is 11.7. The van der Waals surface area contributed by atoms with Crippen molar-refractivity contribution in [3.8, 4) is 16.6 Å². The Morgan fingerprint density at radius 2 is 2.06 bits per heavy atom. The molecule has 0 saturated heterocycles. The number of thiophene rings is 1. The van der Waals surface area contributed by atoms with E-state index in [4.69, 9.17) is 16.9 Å². The Morgan fingerprint density at radius 3 is 2.69 bits per heavy atom. The third-order valence-electron chi connectivity index (χ3n) is 2.15. The summed E-state index contributed by atoms with van der Waals surface area (Å²) in [6, 6.07) is 5.77. The molecule has 0 aliphatic carbocycles. The lowest BCUT2D eigenvalue weighted by Gasteiger charge is -2.04. The summed E-state index contributed by atoms with van der Waals surface area (Å²) in [6.45, 7) is 3.68. The van der Waals surface area contributed by atoms with E-state index in [0.29, 0.717) is 15.9 Å². The van der Waals surface area contributed by atoms with Crippen molar-refractivity contribution in [1.29, 1.82) is 5.26 Å². The van der Waals surface area contributed by atoms with Crippen molar-refractivity contribution in [2.24, 2.45) is 0 Å². The fourth-order valence-electron chi connectivity index (χ4n) is 1.36. The number of nitrogens with zero attached hydrogens (tertiary/aromatic N) is 3. The molecule has 0 N–H and O–H groups in total. The second kappa shape index (κ2) is 4.20. The van der Waals surface area contributed by atoms with Crippen molar-refractivity contribution in [3.63, 3.8) is 0 Å². The number of nitriles is 1. The van der Waals surface area contributed by atoms with Crippen LogP contribution in [0.2, 0.25) is 5.15 Å². The van der Waals surface area contributed by atoms with Crippen LogP contribution in [0.25, 0.3) is 10.6 Å². The quantitative estimate of drug-likeness (QED) is 0.729. The van der Waals surface area contributed by atoms with Crippen molar-refractivity contribution in [2.45, 2.75) is 13.8 Å². The third-order valence-corrected chi connectivity index (χ3v) is 3.51. The molecule has 0 aliphatic rings. The van der Waals surface area contributed by atoms with Gasteiger partial charge in [0.05, 0.1) is 10.6 Å². The highest BCUT2D eigenvalue weighted by Crippen LogP contribution is 2.30. The number of hydrogen-bond acceptors (Lipinski definition) is 4. The summed E-state index contributed by atoms with van der Waals surface area (Å²) >= 11 is 7.41. The molecule has 0 atom stereocenters. The molecule has 2 heterocycles. The van der Waals surface area contributed by atoms with E-state index in [-0.39, 0.29) is 0 Å². The molecular formula is C11H8ClN3S. The molecular weight excluding hydrogens is 242 g/mol. The maximum absolute atomic E-state index is 8.78. The SMILES string of the molecule is Cc1nc(Cl)c(C)c(-c2ccc(C#N)s2)n1. The smallest absolute Gasteiger partial charge is 0.136 e. The first-order valence-electron chi connectivity index (χ1n) is 4.63. The van der Waals surface area contributed by atoms with E-state index in [1.807, 2.05) is 13.0 Å². The number of aromatic nitrogens is 2. The Kier molecular flexibility index (Phi) is 2.90. The van der Waals surface area contributed by atoms with Crippen LogP contribution >= 0.6 is 22.9 Å². The van der Waals surface area contributed by atoms with Gasteiger partial charge in [-0.3, -0.25) is 0 Å². The Morgan fingerprint density at radius 1 is 1.31 bits per heavy atom. The number of hydrogen-bond donors (Lipinski definition) is 0. The van der Waals surface area contributed by atoms with E-state index in [1.165, 1.54) is 11.3 Å². The Labute approximate surface area is 102 Å². The molecule has 0 aromatic carbocycles. The van der Waals surface area contributed by atoms with Crippen molar-refractivity contribution in [2.75, 3.05) is 0 Å². The largest absolute Gasteiger partial charge is 0.232 e. The first kappa shape index (κ1) is 11.1. The molecule has 0 aliphatic heterocycles. The van der Waals surface area contributed by atoms with E-state index in [2.05, 4.69) is 16.0 Å². The fourth-order valence-corrected chi connectivity index (χ4v) is 2.42. The van der Waals surface area contributed by atoms with Gasteiger partial charge >= 0.3 is 0 Å². The lowest BCUT2D eigenvalue weighted by atomic mass is 10.2. The predicted octanol–water partition coefficient (Wildman–Crippen LogP) is 3.35. The normalized spacial score (nSPS) is 10.1. The minimum atomic E-state index is 0.467. The Bertz CT molecular complexity index is 583. The first-order chi connectivity index (χ1) is 7.61. The van der Waals surface area contributed by atoms with Crippen LogP contribution in [0.1, 0.15) is 16.3 Å². The van der Waals surface area contributed by atoms with Crippen molar-refractivity contribution < 1.29 is 0 Å². The van der Waals surface area contributed by atoms with Crippen LogP contribution in [0.5, 0.6) is 0 Å². The average Bonchev–Trinajstić information content (AvgIpc) is 2.71. The topological polar surface area (TPSA) is 49.6 Å². The molecule has 0 amide bonds. The van der Waals surface area contributed by atoms with Crippen LogP contribution in [-0.4, -0.2) is 9.97 Å². The lowest BCUT2D eigenvalue weighted by molar-refractivity contribution is 1.04. The van der Waals surface area contributed by atoms with Crippen LogP contribution < -0.4 is 0 Å². The third kappa shape index (κ3) is 1.92. The van der Waals surface area contributed by atoms with Gasteiger partial charge in [-0.1, -0.05) is 11.6 Å². The van der Waals surface area contributed by atoms with Crippen molar-refractivity contribution in [3.05, 3.63) is 33.6 Å². The number of aryl methyl sites for hydroxylation is 1. The fraction of sp³-hybridized carbons (Fsp3) is 0.182. The second-order valence-electron chi connectivity index (χ2n) is 3.31. The summed E-state index contributed by atoms with van der Waals surface area (Å²) in [7, 11) is 0. The van der Waals surface area contributed by atoms with Crippen molar-refractivity contribution in [1.82, 2.24) is 9.97 Å². The molecule has 2 aromatic heterocycles. The molecule has 0 unspecified atom stereocenters. The summed E-state index contributed by atoms with van der Waals surface area (Å²) in [5, 5.41) is 9.24. The van der Waals surface area contributed by atoms with Crippen molar-refractivity contribution >= 4 is 22.9 Å². The molecule has 2 aromatic rings. The van der Waals surface area contributed by atoms with E-state index in [9.17, 15) is 0 Å². The molecule has 80 valence electrons. The number of halogens is 1. The van der Waals surface area contributed by atoms with Gasteiger partial charge in [0.25, 0.3) is 0 Å². The van der Waals surface area contributed by atoms with Gasteiger partial charge in [0, 0.05) is 5.56 Å².